The number of rotatable bonds is 5. The highest BCUT2D eigenvalue weighted by molar-refractivity contribution is 5.94. The van der Waals surface area contributed by atoms with Crippen molar-refractivity contribution in [2.24, 2.45) is 5.92 Å². The Bertz CT molecular complexity index is 1050. The van der Waals surface area contributed by atoms with Crippen molar-refractivity contribution in [1.29, 1.82) is 0 Å². The van der Waals surface area contributed by atoms with E-state index in [1.165, 1.54) is 0 Å². The number of amides is 3. The maximum absolute atomic E-state index is 12.8. The number of carbonyl (C=O) groups excluding carboxylic acids is 2. The zero-order valence-electron chi connectivity index (χ0n) is 19.0. The molecule has 0 saturated heterocycles. The molecule has 3 amide bonds. The minimum atomic E-state index is -0.0576. The molecule has 0 unspecified atom stereocenters. The molecule has 168 valence electrons. The molecule has 1 aliphatic heterocycles. The molecule has 0 atom stereocenters. The van der Waals surface area contributed by atoms with E-state index in [1.807, 2.05) is 36.1 Å². The van der Waals surface area contributed by atoms with Crippen molar-refractivity contribution in [1.82, 2.24) is 4.90 Å². The highest BCUT2D eigenvalue weighted by Crippen LogP contribution is 2.35. The lowest BCUT2D eigenvalue weighted by Crippen LogP contribution is -2.47. The molecule has 6 nitrogen and oxygen atoms in total. The lowest BCUT2D eigenvalue weighted by atomic mass is 9.84. The van der Waals surface area contributed by atoms with Gasteiger partial charge in [-0.05, 0) is 73.9 Å². The number of carbonyl (C=O) groups is 2. The Morgan fingerprint density at radius 3 is 2.59 bits per heavy atom. The largest absolute Gasteiger partial charge is 0.496 e. The van der Waals surface area contributed by atoms with Crippen molar-refractivity contribution < 1.29 is 14.3 Å². The zero-order valence-corrected chi connectivity index (χ0v) is 19.0. The van der Waals surface area contributed by atoms with Gasteiger partial charge >= 0.3 is 6.03 Å². The van der Waals surface area contributed by atoms with E-state index in [0.29, 0.717) is 6.54 Å². The van der Waals surface area contributed by atoms with Crippen molar-refractivity contribution in [2.75, 3.05) is 17.7 Å². The summed E-state index contributed by atoms with van der Waals surface area (Å²) < 4.78 is 5.35. The van der Waals surface area contributed by atoms with Crippen LogP contribution in [0.2, 0.25) is 0 Å². The van der Waals surface area contributed by atoms with E-state index in [1.54, 1.807) is 13.2 Å². The number of anilines is 2. The van der Waals surface area contributed by atoms with Crippen LogP contribution in [-0.4, -0.2) is 30.0 Å². The third-order valence-electron chi connectivity index (χ3n) is 6.75. The van der Waals surface area contributed by atoms with Gasteiger partial charge in [-0.3, -0.25) is 4.79 Å². The molecule has 1 saturated carbocycles. The van der Waals surface area contributed by atoms with Crippen LogP contribution in [0.5, 0.6) is 5.75 Å². The van der Waals surface area contributed by atoms with Gasteiger partial charge in [-0.2, -0.15) is 0 Å². The Labute approximate surface area is 189 Å². The standard InChI is InChI=1S/C26H31N3O3/c1-5-18-12-17(3)22-15-29(26(31)28-23(22)13-18)21-10-7-19(8-11-21)25(30)27-20-9-6-16(2)24(14-20)32-4/h5-6,9,12-14,19,21H,1,7-8,10-11,15H2,2-4H3,(H,27,30)(H,28,31). The van der Waals surface area contributed by atoms with Crippen molar-refractivity contribution in [3.8, 4) is 5.75 Å². The molecule has 2 N–H and O–H groups in total. The number of benzene rings is 2. The maximum atomic E-state index is 12.8. The van der Waals surface area contributed by atoms with Crippen LogP contribution in [0.4, 0.5) is 16.2 Å². The molecule has 0 bridgehead atoms. The van der Waals surface area contributed by atoms with Crippen LogP contribution < -0.4 is 15.4 Å². The number of hydrogen-bond acceptors (Lipinski definition) is 3. The predicted octanol–water partition coefficient (Wildman–Crippen LogP) is 5.50. The zero-order chi connectivity index (χ0) is 22.8. The summed E-state index contributed by atoms with van der Waals surface area (Å²) in [5.41, 5.74) is 5.98. The molecule has 6 heteroatoms. The summed E-state index contributed by atoms with van der Waals surface area (Å²) in [6.45, 7) is 8.48. The average Bonchev–Trinajstić information content (AvgIpc) is 2.79. The summed E-state index contributed by atoms with van der Waals surface area (Å²) in [4.78, 5) is 27.6. The van der Waals surface area contributed by atoms with Gasteiger partial charge in [-0.1, -0.05) is 24.8 Å². The van der Waals surface area contributed by atoms with Crippen molar-refractivity contribution >= 4 is 29.4 Å². The lowest BCUT2D eigenvalue weighted by molar-refractivity contribution is -0.121. The first kappa shape index (κ1) is 21.9. The second-order valence-corrected chi connectivity index (χ2v) is 8.81. The lowest BCUT2D eigenvalue weighted by Gasteiger charge is -2.39. The molecule has 0 spiro atoms. The highest BCUT2D eigenvalue weighted by Gasteiger charge is 2.34. The topological polar surface area (TPSA) is 70.7 Å². The molecule has 0 radical (unpaired) electrons. The molecule has 2 aromatic carbocycles. The summed E-state index contributed by atoms with van der Waals surface area (Å²) in [5.74, 6) is 0.754. The van der Waals surface area contributed by atoms with Gasteiger partial charge in [0.25, 0.3) is 0 Å². The van der Waals surface area contributed by atoms with Crippen LogP contribution in [0.3, 0.4) is 0 Å². The fourth-order valence-electron chi connectivity index (χ4n) is 4.80. The van der Waals surface area contributed by atoms with E-state index in [9.17, 15) is 9.59 Å². The molecular formula is C26H31N3O3. The molecule has 4 rings (SSSR count). The van der Waals surface area contributed by atoms with Crippen LogP contribution in [-0.2, 0) is 11.3 Å². The Kier molecular flexibility index (Phi) is 6.21. The van der Waals surface area contributed by atoms with Crippen molar-refractivity contribution in [2.45, 2.75) is 52.1 Å². The summed E-state index contributed by atoms with van der Waals surface area (Å²) in [6, 6.07) is 9.86. The monoisotopic (exact) mass is 433 g/mol. The first-order chi connectivity index (χ1) is 15.4. The number of fused-ring (bicyclic) bond motifs is 1. The minimum Gasteiger partial charge on any atom is -0.496 e. The second-order valence-electron chi connectivity index (χ2n) is 8.81. The molecule has 0 aromatic heterocycles. The van der Waals surface area contributed by atoms with Gasteiger partial charge in [0.2, 0.25) is 5.91 Å². The maximum Gasteiger partial charge on any atom is 0.322 e. The van der Waals surface area contributed by atoms with Gasteiger partial charge in [-0.15, -0.1) is 0 Å². The molecule has 2 aromatic rings. The molecule has 2 aliphatic rings. The van der Waals surface area contributed by atoms with Crippen LogP contribution in [0.1, 0.15) is 47.9 Å². The Hall–Kier alpha value is -3.28. The van der Waals surface area contributed by atoms with Gasteiger partial charge in [0, 0.05) is 29.4 Å². The van der Waals surface area contributed by atoms with E-state index in [-0.39, 0.29) is 23.9 Å². The van der Waals surface area contributed by atoms with Crippen LogP contribution in [0.15, 0.2) is 36.9 Å². The van der Waals surface area contributed by atoms with Gasteiger partial charge in [0.05, 0.1) is 13.7 Å². The van der Waals surface area contributed by atoms with Crippen LogP contribution in [0, 0.1) is 19.8 Å². The van der Waals surface area contributed by atoms with E-state index in [4.69, 9.17) is 4.74 Å². The molecule has 1 heterocycles. The number of nitrogens with zero attached hydrogens (tertiary/aromatic N) is 1. The second kappa shape index (κ2) is 9.07. The van der Waals surface area contributed by atoms with Crippen molar-refractivity contribution in [3.63, 3.8) is 0 Å². The number of hydrogen-bond donors (Lipinski definition) is 2. The first-order valence-corrected chi connectivity index (χ1v) is 11.2. The summed E-state index contributed by atoms with van der Waals surface area (Å²) in [7, 11) is 1.63. The van der Waals surface area contributed by atoms with E-state index < -0.39 is 0 Å². The number of ether oxygens (including phenoxy) is 1. The fourth-order valence-corrected chi connectivity index (χ4v) is 4.80. The quantitative estimate of drug-likeness (QED) is 0.654. The normalized spacial score (nSPS) is 20.2. The molecule has 32 heavy (non-hydrogen) atoms. The van der Waals surface area contributed by atoms with E-state index in [0.717, 1.165) is 65.1 Å². The number of nitrogens with one attached hydrogen (secondary N) is 2. The van der Waals surface area contributed by atoms with Gasteiger partial charge in [0.15, 0.2) is 0 Å². The molecule has 1 fully saturated rings. The Balaban J connectivity index is 1.38. The molecular weight excluding hydrogens is 402 g/mol. The highest BCUT2D eigenvalue weighted by atomic mass is 16.5. The summed E-state index contributed by atoms with van der Waals surface area (Å²) in [5, 5.41) is 6.08. The Morgan fingerprint density at radius 2 is 1.91 bits per heavy atom. The third kappa shape index (κ3) is 4.35. The predicted molar refractivity (Wildman–Crippen MR) is 128 cm³/mol. The van der Waals surface area contributed by atoms with Gasteiger partial charge in [-0.25, -0.2) is 4.79 Å². The smallest absolute Gasteiger partial charge is 0.322 e. The SMILES string of the molecule is C=Cc1cc(C)c2c(c1)NC(=O)N(C1CCC(C(=O)Nc3ccc(C)c(OC)c3)CC1)C2. The first-order valence-electron chi connectivity index (χ1n) is 11.2. The number of urea groups is 1. The summed E-state index contributed by atoms with van der Waals surface area (Å²) >= 11 is 0. The van der Waals surface area contributed by atoms with E-state index in [2.05, 4.69) is 30.2 Å². The van der Waals surface area contributed by atoms with Crippen molar-refractivity contribution in [3.05, 3.63) is 59.2 Å². The third-order valence-corrected chi connectivity index (χ3v) is 6.75. The van der Waals surface area contributed by atoms with E-state index >= 15 is 0 Å². The van der Waals surface area contributed by atoms with Gasteiger partial charge < -0.3 is 20.3 Å². The number of methoxy groups -OCH3 is 1. The summed E-state index contributed by atoms with van der Waals surface area (Å²) in [6.07, 6.45) is 4.98. The van der Waals surface area contributed by atoms with Crippen LogP contribution >= 0.6 is 0 Å². The number of aryl methyl sites for hydroxylation is 2. The van der Waals surface area contributed by atoms with Crippen LogP contribution in [0.25, 0.3) is 6.08 Å². The average molecular weight is 434 g/mol. The minimum absolute atomic E-state index is 0.0376. The Morgan fingerprint density at radius 1 is 1.16 bits per heavy atom. The van der Waals surface area contributed by atoms with Gasteiger partial charge in [0.1, 0.15) is 5.75 Å². The molecule has 1 aliphatic carbocycles. The fraction of sp³-hybridized carbons (Fsp3) is 0.385.